The lowest BCUT2D eigenvalue weighted by atomic mass is 10.4. The molecule has 0 saturated heterocycles. The molecule has 9 nitrogen and oxygen atoms in total. The minimum absolute atomic E-state index is 0.101. The highest BCUT2D eigenvalue weighted by molar-refractivity contribution is 5.97. The first kappa shape index (κ1) is 15.3. The zero-order valence-electron chi connectivity index (χ0n) is 11.0. The van der Waals surface area contributed by atoms with E-state index in [2.05, 4.69) is 20.0 Å². The van der Waals surface area contributed by atoms with Gasteiger partial charge in [0.1, 0.15) is 0 Å². The number of imide groups is 1. The lowest BCUT2D eigenvalue weighted by Crippen LogP contribution is -2.44. The monoisotopic (exact) mass is 281 g/mol. The van der Waals surface area contributed by atoms with Gasteiger partial charge < -0.3 is 15.8 Å². The Balaban J connectivity index is 2.44. The molecule has 0 bridgehead atoms. The number of hydrogen-bond acceptors (Lipinski definition) is 7. The lowest BCUT2D eigenvalue weighted by Gasteiger charge is -2.09. The molecule has 0 spiro atoms. The van der Waals surface area contributed by atoms with Crippen LogP contribution >= 0.6 is 0 Å². The van der Waals surface area contributed by atoms with Crippen molar-refractivity contribution < 1.29 is 19.1 Å². The summed E-state index contributed by atoms with van der Waals surface area (Å²) in [6.45, 7) is 2.85. The van der Waals surface area contributed by atoms with Crippen molar-refractivity contribution in [3.63, 3.8) is 0 Å². The van der Waals surface area contributed by atoms with E-state index in [9.17, 15) is 14.4 Å². The molecule has 1 heterocycles. The van der Waals surface area contributed by atoms with Crippen molar-refractivity contribution in [1.82, 2.24) is 20.6 Å². The zero-order chi connectivity index (χ0) is 15.1. The number of nitrogens with two attached hydrogens (primary N) is 1. The number of hydrogen-bond donors (Lipinski definition) is 3. The van der Waals surface area contributed by atoms with Crippen LogP contribution in [0.5, 0.6) is 0 Å². The first-order valence-corrected chi connectivity index (χ1v) is 5.74. The van der Waals surface area contributed by atoms with E-state index in [0.29, 0.717) is 0 Å². The van der Waals surface area contributed by atoms with Crippen molar-refractivity contribution in [3.8, 4) is 0 Å². The Morgan fingerprint density at radius 2 is 1.95 bits per heavy atom. The number of rotatable bonds is 4. The minimum Gasteiger partial charge on any atom is -0.451 e. The van der Waals surface area contributed by atoms with Gasteiger partial charge in [-0.2, -0.15) is 0 Å². The summed E-state index contributed by atoms with van der Waals surface area (Å²) in [5, 5.41) is 4.45. The Hall–Kier alpha value is -2.71. The van der Waals surface area contributed by atoms with Crippen LogP contribution in [-0.4, -0.2) is 40.5 Å². The topological polar surface area (TPSA) is 136 Å². The van der Waals surface area contributed by atoms with Gasteiger partial charge in [-0.15, -0.1) is 0 Å². The van der Waals surface area contributed by atoms with Gasteiger partial charge in [0.2, 0.25) is 0 Å². The summed E-state index contributed by atoms with van der Waals surface area (Å²) in [4.78, 5) is 41.4. The highest BCUT2D eigenvalue weighted by Gasteiger charge is 2.16. The molecular weight excluding hydrogens is 266 g/mol. The summed E-state index contributed by atoms with van der Waals surface area (Å²) >= 11 is 0. The molecule has 0 radical (unpaired) electrons. The second kappa shape index (κ2) is 7.02. The quantitative estimate of drug-likeness (QED) is 0.630. The molecular formula is C11H15N5O4. The van der Waals surface area contributed by atoms with Gasteiger partial charge in [0, 0.05) is 18.4 Å². The fraction of sp³-hybridized carbons (Fsp3) is 0.364. The van der Waals surface area contributed by atoms with Crippen LogP contribution in [0, 0.1) is 0 Å². The van der Waals surface area contributed by atoms with Crippen LogP contribution in [0.25, 0.3) is 0 Å². The van der Waals surface area contributed by atoms with E-state index in [1.165, 1.54) is 12.4 Å². The maximum absolute atomic E-state index is 11.5. The predicted octanol–water partition coefficient (Wildman–Crippen LogP) is -0.550. The number of aromatic nitrogens is 2. The maximum Gasteiger partial charge on any atom is 0.361 e. The van der Waals surface area contributed by atoms with Crippen molar-refractivity contribution in [1.29, 1.82) is 0 Å². The van der Waals surface area contributed by atoms with Crippen LogP contribution in [0.4, 0.5) is 10.6 Å². The summed E-state index contributed by atoms with van der Waals surface area (Å²) in [5.74, 6) is -1.76. The summed E-state index contributed by atoms with van der Waals surface area (Å²) in [6, 6.07) is -0.787. The zero-order valence-corrected chi connectivity index (χ0v) is 11.0. The standard InChI is InChI=1S/C11H15N5O4/c1-6(2)15-11(19)16-7(17)5-20-10(18)8-9(12)14-4-3-13-8/h3-4,6H,5H2,1-2H3,(H2,12,14)(H2,15,16,17,19). The van der Waals surface area contributed by atoms with Crippen LogP contribution in [-0.2, 0) is 9.53 Å². The van der Waals surface area contributed by atoms with E-state index in [4.69, 9.17) is 5.73 Å². The summed E-state index contributed by atoms with van der Waals surface area (Å²) in [7, 11) is 0. The van der Waals surface area contributed by atoms with E-state index in [0.717, 1.165) is 0 Å². The van der Waals surface area contributed by atoms with Crippen LogP contribution < -0.4 is 16.4 Å². The normalized spacial score (nSPS) is 9.95. The number of urea groups is 1. The highest BCUT2D eigenvalue weighted by atomic mass is 16.5. The number of ether oxygens (including phenoxy) is 1. The van der Waals surface area contributed by atoms with Gasteiger partial charge >= 0.3 is 12.0 Å². The van der Waals surface area contributed by atoms with Gasteiger partial charge in [-0.1, -0.05) is 0 Å². The molecule has 0 aliphatic rings. The molecule has 0 aromatic carbocycles. The molecule has 3 amide bonds. The number of nitrogen functional groups attached to an aromatic ring is 1. The fourth-order valence-corrected chi connectivity index (χ4v) is 1.17. The van der Waals surface area contributed by atoms with Gasteiger partial charge in [-0.25, -0.2) is 19.6 Å². The Morgan fingerprint density at radius 1 is 1.30 bits per heavy atom. The molecule has 0 aliphatic carbocycles. The number of carbonyl (C=O) groups is 3. The number of amides is 3. The molecule has 108 valence electrons. The molecule has 0 unspecified atom stereocenters. The first-order valence-electron chi connectivity index (χ1n) is 5.74. The molecule has 20 heavy (non-hydrogen) atoms. The van der Waals surface area contributed by atoms with Crippen LogP contribution in [0.15, 0.2) is 12.4 Å². The average Bonchev–Trinajstić information content (AvgIpc) is 2.35. The predicted molar refractivity (Wildman–Crippen MR) is 68.5 cm³/mol. The molecule has 1 rings (SSSR count). The number of nitrogens with zero attached hydrogens (tertiary/aromatic N) is 2. The molecule has 0 aliphatic heterocycles. The highest BCUT2D eigenvalue weighted by Crippen LogP contribution is 2.04. The van der Waals surface area contributed by atoms with Crippen molar-refractivity contribution in [2.24, 2.45) is 0 Å². The smallest absolute Gasteiger partial charge is 0.361 e. The molecule has 0 fully saturated rings. The first-order chi connectivity index (χ1) is 9.40. The van der Waals surface area contributed by atoms with Gasteiger partial charge in [-0.05, 0) is 13.8 Å². The minimum atomic E-state index is -0.894. The Kier molecular flexibility index (Phi) is 5.39. The fourth-order valence-electron chi connectivity index (χ4n) is 1.17. The second-order valence-electron chi connectivity index (χ2n) is 4.04. The third kappa shape index (κ3) is 4.88. The molecule has 9 heteroatoms. The molecule has 0 saturated carbocycles. The molecule has 4 N–H and O–H groups in total. The van der Waals surface area contributed by atoms with Crippen LogP contribution in [0.1, 0.15) is 24.3 Å². The van der Waals surface area contributed by atoms with Crippen molar-refractivity contribution in [3.05, 3.63) is 18.1 Å². The van der Waals surface area contributed by atoms with Crippen molar-refractivity contribution in [2.75, 3.05) is 12.3 Å². The van der Waals surface area contributed by atoms with E-state index in [1.54, 1.807) is 13.8 Å². The third-order valence-corrected chi connectivity index (χ3v) is 1.93. The van der Waals surface area contributed by atoms with Crippen molar-refractivity contribution in [2.45, 2.75) is 19.9 Å². The molecule has 1 aromatic rings. The molecule has 1 aromatic heterocycles. The SMILES string of the molecule is CC(C)NC(=O)NC(=O)COC(=O)c1nccnc1N. The van der Waals surface area contributed by atoms with E-state index < -0.39 is 24.5 Å². The lowest BCUT2D eigenvalue weighted by molar-refractivity contribution is -0.123. The Labute approximate surface area is 114 Å². The number of esters is 1. The van der Waals surface area contributed by atoms with Crippen molar-refractivity contribution >= 4 is 23.7 Å². The third-order valence-electron chi connectivity index (χ3n) is 1.93. The Bertz CT molecular complexity index is 517. The maximum atomic E-state index is 11.5. The number of carbonyl (C=O) groups excluding carboxylic acids is 3. The van der Waals surface area contributed by atoms with E-state index >= 15 is 0 Å². The summed E-state index contributed by atoms with van der Waals surface area (Å²) in [5.41, 5.74) is 5.24. The Morgan fingerprint density at radius 3 is 2.55 bits per heavy atom. The summed E-state index contributed by atoms with van der Waals surface area (Å²) < 4.78 is 4.66. The molecule has 0 atom stereocenters. The van der Waals surface area contributed by atoms with Gasteiger partial charge in [0.25, 0.3) is 5.91 Å². The average molecular weight is 281 g/mol. The number of anilines is 1. The van der Waals surface area contributed by atoms with Crippen LogP contribution in [0.2, 0.25) is 0 Å². The van der Waals surface area contributed by atoms with E-state index in [1.807, 2.05) is 5.32 Å². The largest absolute Gasteiger partial charge is 0.451 e. The summed E-state index contributed by atoms with van der Waals surface area (Å²) in [6.07, 6.45) is 2.58. The van der Waals surface area contributed by atoms with Gasteiger partial charge in [-0.3, -0.25) is 10.1 Å². The van der Waals surface area contributed by atoms with E-state index in [-0.39, 0.29) is 17.6 Å². The van der Waals surface area contributed by atoms with Gasteiger partial charge in [0.05, 0.1) is 0 Å². The van der Waals surface area contributed by atoms with Gasteiger partial charge in [0.15, 0.2) is 18.1 Å². The number of nitrogens with one attached hydrogen (secondary N) is 2. The van der Waals surface area contributed by atoms with Crippen LogP contribution in [0.3, 0.4) is 0 Å². The second-order valence-corrected chi connectivity index (χ2v) is 4.04.